The summed E-state index contributed by atoms with van der Waals surface area (Å²) in [4.78, 5) is 11.9. The molecule has 0 N–H and O–H groups in total. The monoisotopic (exact) mass is 465 g/mol. The largest absolute Gasteiger partial charge is 0.495 e. The summed E-state index contributed by atoms with van der Waals surface area (Å²) >= 11 is 7.97. The molecular weight excluding hydrogens is 446 g/mol. The molecule has 0 amide bonds. The summed E-state index contributed by atoms with van der Waals surface area (Å²) in [6.45, 7) is 0. The molecule has 0 spiro atoms. The van der Waals surface area contributed by atoms with Crippen molar-refractivity contribution in [2.75, 3.05) is 14.2 Å². The van der Waals surface area contributed by atoms with Gasteiger partial charge in [0.2, 0.25) is 0 Å². The highest BCUT2D eigenvalue weighted by molar-refractivity contribution is 7.98. The fourth-order valence-corrected chi connectivity index (χ4v) is 4.37. The first-order valence-corrected chi connectivity index (χ1v) is 11.1. The Morgan fingerprint density at radius 2 is 1.78 bits per heavy atom. The van der Waals surface area contributed by atoms with Crippen LogP contribution in [0, 0.1) is 0 Å². The number of esters is 1. The van der Waals surface area contributed by atoms with E-state index in [0.29, 0.717) is 33.1 Å². The first-order chi connectivity index (χ1) is 15.6. The number of aromatic nitrogens is 3. The van der Waals surface area contributed by atoms with Crippen LogP contribution in [0.3, 0.4) is 0 Å². The number of methoxy groups -OCH3 is 2. The van der Waals surface area contributed by atoms with E-state index in [1.54, 1.807) is 13.2 Å². The van der Waals surface area contributed by atoms with E-state index in [1.165, 1.54) is 18.9 Å². The van der Waals surface area contributed by atoms with Gasteiger partial charge in [0.05, 0.1) is 30.5 Å². The van der Waals surface area contributed by atoms with Crippen LogP contribution in [0.1, 0.15) is 15.9 Å². The number of carbonyl (C=O) groups is 1. The van der Waals surface area contributed by atoms with Crippen LogP contribution >= 0.6 is 23.4 Å². The Hall–Kier alpha value is -3.29. The van der Waals surface area contributed by atoms with Crippen LogP contribution in [0.2, 0.25) is 5.02 Å². The topological polar surface area (TPSA) is 66.2 Å². The van der Waals surface area contributed by atoms with E-state index in [9.17, 15) is 4.79 Å². The average Bonchev–Trinajstić information content (AvgIpc) is 3.26. The van der Waals surface area contributed by atoms with Crippen LogP contribution in [0.25, 0.3) is 17.1 Å². The number of hydrogen-bond donors (Lipinski definition) is 0. The van der Waals surface area contributed by atoms with Gasteiger partial charge < -0.3 is 9.47 Å². The molecule has 0 aliphatic rings. The Labute approximate surface area is 195 Å². The van der Waals surface area contributed by atoms with Crippen molar-refractivity contribution >= 4 is 29.3 Å². The molecule has 6 nitrogen and oxygen atoms in total. The van der Waals surface area contributed by atoms with Gasteiger partial charge in [0, 0.05) is 11.3 Å². The van der Waals surface area contributed by atoms with Crippen molar-refractivity contribution in [3.05, 3.63) is 88.9 Å². The Balaban J connectivity index is 1.75. The maximum absolute atomic E-state index is 11.9. The van der Waals surface area contributed by atoms with Gasteiger partial charge in [-0.3, -0.25) is 4.57 Å². The third-order valence-corrected chi connectivity index (χ3v) is 6.12. The van der Waals surface area contributed by atoms with Crippen molar-refractivity contribution in [3.8, 4) is 22.8 Å². The van der Waals surface area contributed by atoms with Crippen LogP contribution in [-0.4, -0.2) is 35.0 Å². The van der Waals surface area contributed by atoms with E-state index in [-0.39, 0.29) is 5.97 Å². The molecule has 4 rings (SSSR count). The van der Waals surface area contributed by atoms with Crippen LogP contribution in [0.15, 0.2) is 78.0 Å². The summed E-state index contributed by atoms with van der Waals surface area (Å²) in [7, 11) is 3.00. The fourth-order valence-electron chi connectivity index (χ4n) is 3.27. The second-order valence-corrected chi connectivity index (χ2v) is 8.12. The molecule has 4 aromatic rings. The Kier molecular flexibility index (Phi) is 6.78. The van der Waals surface area contributed by atoms with Crippen molar-refractivity contribution in [1.82, 2.24) is 14.8 Å². The van der Waals surface area contributed by atoms with Gasteiger partial charge in [-0.1, -0.05) is 59.8 Å². The number of halogens is 1. The lowest BCUT2D eigenvalue weighted by molar-refractivity contribution is 0.0600. The highest BCUT2D eigenvalue weighted by Gasteiger charge is 2.20. The Bertz CT molecular complexity index is 1260. The van der Waals surface area contributed by atoms with E-state index < -0.39 is 0 Å². The molecule has 0 aliphatic heterocycles. The number of ether oxygens (including phenoxy) is 2. The number of benzene rings is 3. The van der Waals surface area contributed by atoms with Gasteiger partial charge in [-0.05, 0) is 42.0 Å². The number of hydrogen-bond acceptors (Lipinski definition) is 6. The molecule has 162 valence electrons. The normalized spacial score (nSPS) is 10.7. The molecule has 3 aromatic carbocycles. The van der Waals surface area contributed by atoms with Crippen molar-refractivity contribution < 1.29 is 14.3 Å². The minimum atomic E-state index is -0.366. The van der Waals surface area contributed by atoms with Crippen molar-refractivity contribution in [3.63, 3.8) is 0 Å². The number of nitrogens with zero attached hydrogens (tertiary/aromatic N) is 3. The van der Waals surface area contributed by atoms with Crippen molar-refractivity contribution in [2.24, 2.45) is 0 Å². The predicted molar refractivity (Wildman–Crippen MR) is 126 cm³/mol. The van der Waals surface area contributed by atoms with Gasteiger partial charge >= 0.3 is 5.97 Å². The third kappa shape index (κ3) is 4.49. The van der Waals surface area contributed by atoms with Crippen LogP contribution in [0.5, 0.6) is 5.75 Å². The molecular formula is C24H20ClN3O3S. The van der Waals surface area contributed by atoms with Gasteiger partial charge in [-0.2, -0.15) is 0 Å². The van der Waals surface area contributed by atoms with E-state index >= 15 is 0 Å². The average molecular weight is 466 g/mol. The zero-order chi connectivity index (χ0) is 22.5. The summed E-state index contributed by atoms with van der Waals surface area (Å²) in [6, 6.07) is 22.5. The Morgan fingerprint density at radius 1 is 1.00 bits per heavy atom. The molecule has 0 saturated carbocycles. The summed E-state index contributed by atoms with van der Waals surface area (Å²) in [5.41, 5.74) is 3.05. The zero-order valence-electron chi connectivity index (χ0n) is 17.5. The molecule has 1 heterocycles. The number of carbonyl (C=O) groups excluding carboxylic acids is 1. The highest BCUT2D eigenvalue weighted by atomic mass is 35.5. The van der Waals surface area contributed by atoms with E-state index in [2.05, 4.69) is 10.2 Å². The lowest BCUT2D eigenvalue weighted by Crippen LogP contribution is -2.03. The second kappa shape index (κ2) is 9.89. The smallest absolute Gasteiger partial charge is 0.337 e. The molecule has 1 aromatic heterocycles. The third-order valence-electron chi connectivity index (χ3n) is 4.79. The number of thioether (sulfide) groups is 1. The quantitative estimate of drug-likeness (QED) is 0.258. The first kappa shape index (κ1) is 21.9. The number of para-hydroxylation sites is 2. The molecule has 0 unspecified atom stereocenters. The molecule has 0 radical (unpaired) electrons. The van der Waals surface area contributed by atoms with Gasteiger partial charge in [0.25, 0.3) is 0 Å². The molecule has 0 saturated heterocycles. The Morgan fingerprint density at radius 3 is 2.56 bits per heavy atom. The molecule has 0 aliphatic carbocycles. The zero-order valence-corrected chi connectivity index (χ0v) is 19.1. The summed E-state index contributed by atoms with van der Waals surface area (Å²) in [6.07, 6.45) is 0. The highest BCUT2D eigenvalue weighted by Crippen LogP contribution is 2.35. The second-order valence-electron chi connectivity index (χ2n) is 6.77. The summed E-state index contributed by atoms with van der Waals surface area (Å²) in [5, 5.41) is 10.1. The van der Waals surface area contributed by atoms with Crippen LogP contribution in [-0.2, 0) is 10.5 Å². The number of rotatable bonds is 7. The van der Waals surface area contributed by atoms with Crippen LogP contribution < -0.4 is 4.74 Å². The predicted octanol–water partition coefficient (Wildman–Crippen LogP) is 5.68. The maximum atomic E-state index is 11.9. The SMILES string of the molecule is COC(=O)c1cccc(CSc2nnc(-c3ccccc3Cl)n2-c2ccccc2OC)c1. The van der Waals surface area contributed by atoms with Crippen LogP contribution in [0.4, 0.5) is 0 Å². The summed E-state index contributed by atoms with van der Waals surface area (Å²) < 4.78 is 12.4. The van der Waals surface area contributed by atoms with Gasteiger partial charge in [0.15, 0.2) is 11.0 Å². The summed E-state index contributed by atoms with van der Waals surface area (Å²) in [5.74, 6) is 1.52. The van der Waals surface area contributed by atoms with Gasteiger partial charge in [0.1, 0.15) is 5.75 Å². The molecule has 0 atom stereocenters. The minimum Gasteiger partial charge on any atom is -0.495 e. The van der Waals surface area contributed by atoms with Gasteiger partial charge in [-0.25, -0.2) is 4.79 Å². The minimum absolute atomic E-state index is 0.366. The molecule has 8 heteroatoms. The standard InChI is InChI=1S/C24H20ClN3O3S/c1-30-21-13-6-5-12-20(21)28-22(18-10-3-4-11-19(18)25)26-27-24(28)32-15-16-8-7-9-17(14-16)23(29)31-2/h3-14H,15H2,1-2H3. The molecule has 0 bridgehead atoms. The van der Waals surface area contributed by atoms with E-state index in [0.717, 1.165) is 16.8 Å². The van der Waals surface area contributed by atoms with E-state index in [1.807, 2.05) is 71.3 Å². The lowest BCUT2D eigenvalue weighted by Gasteiger charge is -2.14. The van der Waals surface area contributed by atoms with Gasteiger partial charge in [-0.15, -0.1) is 10.2 Å². The lowest BCUT2D eigenvalue weighted by atomic mass is 10.1. The fraction of sp³-hybridized carbons (Fsp3) is 0.125. The maximum Gasteiger partial charge on any atom is 0.337 e. The first-order valence-electron chi connectivity index (χ1n) is 9.76. The molecule has 32 heavy (non-hydrogen) atoms. The molecule has 0 fully saturated rings. The van der Waals surface area contributed by atoms with E-state index in [4.69, 9.17) is 21.1 Å². The van der Waals surface area contributed by atoms with Crippen molar-refractivity contribution in [2.45, 2.75) is 10.9 Å². The van der Waals surface area contributed by atoms with Crippen molar-refractivity contribution in [1.29, 1.82) is 0 Å².